The van der Waals surface area contributed by atoms with Crippen LogP contribution in [0.25, 0.3) is 10.9 Å². The number of imide groups is 1. The van der Waals surface area contributed by atoms with E-state index in [4.69, 9.17) is 0 Å². The Labute approximate surface area is 169 Å². The van der Waals surface area contributed by atoms with Crippen molar-refractivity contribution in [1.82, 2.24) is 14.9 Å². The first-order valence-corrected chi connectivity index (χ1v) is 9.56. The first-order valence-electron chi connectivity index (χ1n) is 8.68. The summed E-state index contributed by atoms with van der Waals surface area (Å²) in [4.78, 5) is 41.0. The summed E-state index contributed by atoms with van der Waals surface area (Å²) in [6, 6.07) is 12.7. The number of carbonyl (C=O) groups excluding carboxylic acids is 2. The number of carbonyl (C=O) groups is 2. The molecule has 0 fully saturated rings. The molecule has 1 heterocycles. The van der Waals surface area contributed by atoms with Gasteiger partial charge in [-0.2, -0.15) is 0 Å². The molecule has 150 valence electrons. The number of fused-ring (bicyclic) bond motifs is 1. The summed E-state index contributed by atoms with van der Waals surface area (Å²) >= 11 is 1.04. The zero-order chi connectivity index (χ0) is 21.0. The maximum Gasteiger partial charge on any atom is 0.413 e. The highest BCUT2D eigenvalue weighted by atomic mass is 32.2. The van der Waals surface area contributed by atoms with E-state index < -0.39 is 17.3 Å². The van der Waals surface area contributed by atoms with E-state index in [1.54, 1.807) is 43.3 Å². The minimum atomic E-state index is -0.863. The Balaban J connectivity index is 1.99. The SMILES string of the molecule is COC(=O)NC(=O)[C@@H](C)Sc1nc2ccccc2c(=O)n1Cc1ccc(F)cc1. The predicted octanol–water partition coefficient (Wildman–Crippen LogP) is 2.95. The van der Waals surface area contributed by atoms with Gasteiger partial charge in [0.15, 0.2) is 5.16 Å². The van der Waals surface area contributed by atoms with Gasteiger partial charge in [0.05, 0.1) is 29.8 Å². The first-order chi connectivity index (χ1) is 13.9. The molecule has 0 unspecified atom stereocenters. The third kappa shape index (κ3) is 4.80. The number of thioether (sulfide) groups is 1. The third-order valence-electron chi connectivity index (χ3n) is 4.14. The second-order valence-corrected chi connectivity index (χ2v) is 7.48. The van der Waals surface area contributed by atoms with Crippen LogP contribution < -0.4 is 10.9 Å². The standard InChI is InChI=1S/C20H18FN3O4S/c1-12(17(25)23-20(27)28-2)29-19-22-16-6-4-3-5-15(16)18(26)24(19)11-13-7-9-14(21)10-8-13/h3-10,12H,11H2,1-2H3,(H,23,25,27)/t12-/m1/s1. The fourth-order valence-corrected chi connectivity index (χ4v) is 3.52. The van der Waals surface area contributed by atoms with Crippen LogP contribution in [0.5, 0.6) is 0 Å². The summed E-state index contributed by atoms with van der Waals surface area (Å²) in [6.07, 6.45) is -0.863. The highest BCUT2D eigenvalue weighted by Crippen LogP contribution is 2.23. The highest BCUT2D eigenvalue weighted by molar-refractivity contribution is 8.00. The number of para-hydroxylation sites is 1. The van der Waals surface area contributed by atoms with Crippen LogP contribution in [0.3, 0.4) is 0 Å². The van der Waals surface area contributed by atoms with Gasteiger partial charge in [0.1, 0.15) is 5.82 Å². The number of nitrogens with zero attached hydrogens (tertiary/aromatic N) is 2. The lowest BCUT2D eigenvalue weighted by atomic mass is 10.2. The summed E-state index contributed by atoms with van der Waals surface area (Å²) < 4.78 is 19.1. The quantitative estimate of drug-likeness (QED) is 0.509. The molecule has 0 aliphatic heterocycles. The van der Waals surface area contributed by atoms with E-state index in [-0.39, 0.29) is 17.9 Å². The largest absolute Gasteiger partial charge is 0.453 e. The summed E-state index contributed by atoms with van der Waals surface area (Å²) in [5, 5.41) is 2.12. The Morgan fingerprint density at radius 1 is 1.21 bits per heavy atom. The molecule has 2 aromatic carbocycles. The molecule has 3 rings (SSSR count). The molecule has 0 aliphatic carbocycles. The number of methoxy groups -OCH3 is 1. The number of alkyl carbamates (subject to hydrolysis) is 1. The number of aromatic nitrogens is 2. The second kappa shape index (κ2) is 8.87. The van der Waals surface area contributed by atoms with E-state index in [1.807, 2.05) is 0 Å². The molecule has 1 N–H and O–H groups in total. The molecule has 29 heavy (non-hydrogen) atoms. The van der Waals surface area contributed by atoms with Gasteiger partial charge in [-0.1, -0.05) is 36.0 Å². The van der Waals surface area contributed by atoms with E-state index in [0.717, 1.165) is 18.9 Å². The lowest BCUT2D eigenvalue weighted by Gasteiger charge is -2.16. The van der Waals surface area contributed by atoms with Crippen LogP contribution in [-0.2, 0) is 16.1 Å². The van der Waals surface area contributed by atoms with Crippen molar-refractivity contribution in [2.45, 2.75) is 23.9 Å². The number of amides is 2. The monoisotopic (exact) mass is 415 g/mol. The molecule has 2 amide bonds. The summed E-state index contributed by atoms with van der Waals surface area (Å²) in [5.74, 6) is -0.946. The van der Waals surface area contributed by atoms with E-state index >= 15 is 0 Å². The van der Waals surface area contributed by atoms with Gasteiger partial charge in [-0.05, 0) is 36.8 Å². The number of rotatable bonds is 5. The minimum Gasteiger partial charge on any atom is -0.453 e. The lowest BCUT2D eigenvalue weighted by Crippen LogP contribution is -2.36. The van der Waals surface area contributed by atoms with E-state index in [0.29, 0.717) is 21.6 Å². The van der Waals surface area contributed by atoms with Crippen LogP contribution in [-0.4, -0.2) is 33.9 Å². The zero-order valence-electron chi connectivity index (χ0n) is 15.7. The second-order valence-electron chi connectivity index (χ2n) is 6.17. The molecule has 0 radical (unpaired) electrons. The normalized spacial score (nSPS) is 11.8. The van der Waals surface area contributed by atoms with Crippen LogP contribution in [0.2, 0.25) is 0 Å². The topological polar surface area (TPSA) is 90.3 Å². The zero-order valence-corrected chi connectivity index (χ0v) is 16.5. The molecule has 7 nitrogen and oxygen atoms in total. The average molecular weight is 415 g/mol. The average Bonchev–Trinajstić information content (AvgIpc) is 2.72. The van der Waals surface area contributed by atoms with Gasteiger partial charge in [0.25, 0.3) is 5.56 Å². The van der Waals surface area contributed by atoms with Gasteiger partial charge in [-0.25, -0.2) is 14.2 Å². The molecule has 1 aromatic heterocycles. The number of halogens is 1. The van der Waals surface area contributed by atoms with Crippen LogP contribution in [0, 0.1) is 5.82 Å². The Kier molecular flexibility index (Phi) is 6.28. The Morgan fingerprint density at radius 2 is 1.90 bits per heavy atom. The third-order valence-corrected chi connectivity index (χ3v) is 5.23. The van der Waals surface area contributed by atoms with Crippen molar-refractivity contribution in [2.24, 2.45) is 0 Å². The molecular weight excluding hydrogens is 397 g/mol. The Hall–Kier alpha value is -3.20. The number of nitrogens with one attached hydrogen (secondary N) is 1. The van der Waals surface area contributed by atoms with E-state index in [1.165, 1.54) is 16.7 Å². The molecule has 0 saturated carbocycles. The fraction of sp³-hybridized carbons (Fsp3) is 0.200. The molecule has 0 aliphatic rings. The molecule has 3 aromatic rings. The van der Waals surface area contributed by atoms with Gasteiger partial charge >= 0.3 is 6.09 Å². The van der Waals surface area contributed by atoms with Crippen LogP contribution in [0.15, 0.2) is 58.5 Å². The van der Waals surface area contributed by atoms with Gasteiger partial charge in [0, 0.05) is 0 Å². The maximum absolute atomic E-state index is 13.2. The molecule has 9 heteroatoms. The van der Waals surface area contributed by atoms with Gasteiger partial charge in [-0.3, -0.25) is 19.5 Å². The van der Waals surface area contributed by atoms with Gasteiger partial charge in [0.2, 0.25) is 5.91 Å². The van der Waals surface area contributed by atoms with Crippen molar-refractivity contribution in [3.63, 3.8) is 0 Å². The highest BCUT2D eigenvalue weighted by Gasteiger charge is 2.21. The number of ether oxygens (including phenoxy) is 1. The van der Waals surface area contributed by atoms with Gasteiger partial charge < -0.3 is 4.74 Å². The van der Waals surface area contributed by atoms with Crippen molar-refractivity contribution in [3.05, 3.63) is 70.3 Å². The summed E-state index contributed by atoms with van der Waals surface area (Å²) in [5.41, 5.74) is 0.929. The van der Waals surface area contributed by atoms with Crippen molar-refractivity contribution >= 4 is 34.7 Å². The van der Waals surface area contributed by atoms with Crippen molar-refractivity contribution in [3.8, 4) is 0 Å². The van der Waals surface area contributed by atoms with Crippen LogP contribution in [0.4, 0.5) is 9.18 Å². The summed E-state index contributed by atoms with van der Waals surface area (Å²) in [7, 11) is 1.16. The molecule has 0 bridgehead atoms. The Morgan fingerprint density at radius 3 is 2.59 bits per heavy atom. The molecular formula is C20H18FN3O4S. The lowest BCUT2D eigenvalue weighted by molar-refractivity contribution is -0.119. The minimum absolute atomic E-state index is 0.157. The van der Waals surface area contributed by atoms with Crippen molar-refractivity contribution in [1.29, 1.82) is 0 Å². The van der Waals surface area contributed by atoms with Crippen LogP contribution >= 0.6 is 11.8 Å². The molecule has 1 atom stereocenters. The maximum atomic E-state index is 13.2. The molecule has 0 saturated heterocycles. The van der Waals surface area contributed by atoms with E-state index in [2.05, 4.69) is 15.0 Å². The molecule has 0 spiro atoms. The predicted molar refractivity (Wildman–Crippen MR) is 107 cm³/mol. The fourth-order valence-electron chi connectivity index (χ4n) is 2.61. The number of benzene rings is 2. The Bertz CT molecular complexity index is 1110. The number of hydrogen-bond donors (Lipinski definition) is 1. The van der Waals surface area contributed by atoms with Crippen molar-refractivity contribution in [2.75, 3.05) is 7.11 Å². The van der Waals surface area contributed by atoms with Crippen LogP contribution in [0.1, 0.15) is 12.5 Å². The summed E-state index contributed by atoms with van der Waals surface area (Å²) in [6.45, 7) is 1.75. The smallest absolute Gasteiger partial charge is 0.413 e. The number of hydrogen-bond acceptors (Lipinski definition) is 6. The first kappa shape index (κ1) is 20.5. The van der Waals surface area contributed by atoms with Gasteiger partial charge in [-0.15, -0.1) is 0 Å². The van der Waals surface area contributed by atoms with Crippen molar-refractivity contribution < 1.29 is 18.7 Å². The van der Waals surface area contributed by atoms with E-state index in [9.17, 15) is 18.8 Å².